The summed E-state index contributed by atoms with van der Waals surface area (Å²) < 4.78 is 0. The summed E-state index contributed by atoms with van der Waals surface area (Å²) in [6, 6.07) is 4.86. The number of anilines is 1. The maximum absolute atomic E-state index is 12.6. The van der Waals surface area contributed by atoms with Gasteiger partial charge in [-0.3, -0.25) is 4.79 Å². The Labute approximate surface area is 123 Å². The van der Waals surface area contributed by atoms with Gasteiger partial charge in [0, 0.05) is 24.8 Å². The van der Waals surface area contributed by atoms with Crippen LogP contribution in [0.4, 0.5) is 5.69 Å². The van der Waals surface area contributed by atoms with Gasteiger partial charge in [0.1, 0.15) is 0 Å². The molecule has 2 unspecified atom stereocenters. The average Bonchev–Trinajstić information content (AvgIpc) is 2.71. The van der Waals surface area contributed by atoms with Crippen LogP contribution in [-0.2, 0) is 0 Å². The molecule has 1 amide bonds. The Morgan fingerprint density at radius 1 is 1.55 bits per heavy atom. The normalized spacial score (nSPS) is 22.6. The number of rotatable bonds is 3. The fourth-order valence-corrected chi connectivity index (χ4v) is 2.80. The summed E-state index contributed by atoms with van der Waals surface area (Å²) in [4.78, 5) is 16.3. The third-order valence-corrected chi connectivity index (χ3v) is 3.78. The lowest BCUT2D eigenvalue weighted by atomic mass is 10.1. The summed E-state index contributed by atoms with van der Waals surface area (Å²) in [6.07, 6.45) is 0.105. The van der Waals surface area contributed by atoms with Gasteiger partial charge in [-0.2, -0.15) is 0 Å². The predicted octanol–water partition coefficient (Wildman–Crippen LogP) is 1.06. The number of aliphatic hydroxyl groups excluding tert-OH is 1. The average molecular weight is 298 g/mol. The lowest BCUT2D eigenvalue weighted by Crippen LogP contribution is -2.41. The van der Waals surface area contributed by atoms with Crippen LogP contribution in [0.1, 0.15) is 16.8 Å². The maximum Gasteiger partial charge on any atom is 0.255 e. The van der Waals surface area contributed by atoms with Gasteiger partial charge in [-0.05, 0) is 38.7 Å². The van der Waals surface area contributed by atoms with Crippen molar-refractivity contribution in [2.24, 2.45) is 0 Å². The maximum atomic E-state index is 12.6. The van der Waals surface area contributed by atoms with Crippen molar-refractivity contribution >= 4 is 23.2 Å². The number of carbonyl (C=O) groups excluding carboxylic acids is 1. The molecule has 2 rings (SSSR count). The number of aliphatic hydroxyl groups is 1. The van der Waals surface area contributed by atoms with E-state index in [1.165, 1.54) is 0 Å². The van der Waals surface area contributed by atoms with Gasteiger partial charge in [-0.15, -0.1) is 0 Å². The Bertz CT molecular complexity index is 507. The van der Waals surface area contributed by atoms with Crippen LogP contribution in [0.3, 0.4) is 0 Å². The summed E-state index contributed by atoms with van der Waals surface area (Å²) >= 11 is 6.08. The molecule has 1 aliphatic rings. The number of β-amino-alcohol motifs (C(OH)–C–C–N with tert-alkyl or cyclic N) is 1. The molecule has 1 fully saturated rings. The highest BCUT2D eigenvalue weighted by Crippen LogP contribution is 2.25. The van der Waals surface area contributed by atoms with Gasteiger partial charge in [0.25, 0.3) is 5.91 Å². The van der Waals surface area contributed by atoms with Gasteiger partial charge in [0.2, 0.25) is 0 Å². The lowest BCUT2D eigenvalue weighted by molar-refractivity contribution is 0.0699. The van der Waals surface area contributed by atoms with Crippen LogP contribution >= 0.6 is 11.6 Å². The molecule has 1 heterocycles. The largest absolute Gasteiger partial charge is 0.399 e. The Balaban J connectivity index is 2.24. The second-order valence-electron chi connectivity index (χ2n) is 5.50. The minimum Gasteiger partial charge on any atom is -0.399 e. The first kappa shape index (κ1) is 15.1. The molecule has 0 aliphatic carbocycles. The predicted molar refractivity (Wildman–Crippen MR) is 79.9 cm³/mol. The molecule has 1 saturated heterocycles. The van der Waals surface area contributed by atoms with E-state index < -0.39 is 6.10 Å². The zero-order chi connectivity index (χ0) is 14.9. The van der Waals surface area contributed by atoms with Crippen molar-refractivity contribution < 1.29 is 9.90 Å². The van der Waals surface area contributed by atoms with Crippen LogP contribution in [-0.4, -0.2) is 60.1 Å². The molecule has 0 spiro atoms. The van der Waals surface area contributed by atoms with Crippen LogP contribution in [0.25, 0.3) is 0 Å². The molecule has 0 saturated carbocycles. The van der Waals surface area contributed by atoms with Crippen molar-refractivity contribution in [1.29, 1.82) is 0 Å². The lowest BCUT2D eigenvalue weighted by Gasteiger charge is -2.27. The number of likely N-dealkylation sites (tertiary alicyclic amines) is 1. The number of nitrogen functional groups attached to an aromatic ring is 1. The second-order valence-corrected chi connectivity index (χ2v) is 5.91. The Hall–Kier alpha value is -1.30. The Morgan fingerprint density at radius 3 is 2.90 bits per heavy atom. The van der Waals surface area contributed by atoms with Crippen molar-refractivity contribution in [3.8, 4) is 0 Å². The number of hydrogen-bond donors (Lipinski definition) is 2. The molecule has 110 valence electrons. The number of hydrogen-bond acceptors (Lipinski definition) is 4. The van der Waals surface area contributed by atoms with Crippen molar-refractivity contribution in [2.45, 2.75) is 18.6 Å². The molecule has 0 bridgehead atoms. The monoisotopic (exact) mass is 297 g/mol. The van der Waals surface area contributed by atoms with E-state index >= 15 is 0 Å². The zero-order valence-corrected chi connectivity index (χ0v) is 12.5. The van der Waals surface area contributed by atoms with E-state index in [1.807, 2.05) is 19.0 Å². The van der Waals surface area contributed by atoms with E-state index in [0.29, 0.717) is 35.8 Å². The fraction of sp³-hybridized carbons (Fsp3) is 0.500. The number of likely N-dealkylation sites (N-methyl/N-ethyl adjacent to an activating group) is 1. The SMILES string of the molecule is CN(C)CC1CC(O)CN1C(=O)c1cc(N)ccc1Cl. The summed E-state index contributed by atoms with van der Waals surface area (Å²) in [5.41, 5.74) is 6.61. The molecule has 20 heavy (non-hydrogen) atoms. The molecule has 1 aliphatic heterocycles. The van der Waals surface area contributed by atoms with E-state index in [2.05, 4.69) is 0 Å². The van der Waals surface area contributed by atoms with Crippen LogP contribution in [0.2, 0.25) is 5.02 Å². The molecule has 0 radical (unpaired) electrons. The smallest absolute Gasteiger partial charge is 0.255 e. The summed E-state index contributed by atoms with van der Waals surface area (Å²) in [5.74, 6) is -0.175. The van der Waals surface area contributed by atoms with Gasteiger partial charge >= 0.3 is 0 Å². The number of benzene rings is 1. The van der Waals surface area contributed by atoms with Gasteiger partial charge in [0.05, 0.1) is 16.7 Å². The van der Waals surface area contributed by atoms with Crippen LogP contribution in [0, 0.1) is 0 Å². The first-order valence-corrected chi connectivity index (χ1v) is 6.95. The molecule has 6 heteroatoms. The van der Waals surface area contributed by atoms with Crippen molar-refractivity contribution in [2.75, 3.05) is 32.9 Å². The standard InChI is InChI=1S/C14H20ClN3O2/c1-17(2)7-10-6-11(19)8-18(10)14(20)12-5-9(16)3-4-13(12)15/h3-5,10-11,19H,6-8,16H2,1-2H3. The third-order valence-electron chi connectivity index (χ3n) is 3.45. The third kappa shape index (κ3) is 3.23. The molecule has 2 atom stereocenters. The van der Waals surface area contributed by atoms with E-state index in [4.69, 9.17) is 17.3 Å². The van der Waals surface area contributed by atoms with Crippen LogP contribution < -0.4 is 5.73 Å². The zero-order valence-electron chi connectivity index (χ0n) is 11.7. The fourth-order valence-electron chi connectivity index (χ4n) is 2.60. The van der Waals surface area contributed by atoms with Crippen molar-refractivity contribution in [3.63, 3.8) is 0 Å². The number of amides is 1. The Kier molecular flexibility index (Phi) is 4.52. The van der Waals surface area contributed by atoms with Crippen molar-refractivity contribution in [1.82, 2.24) is 9.80 Å². The van der Waals surface area contributed by atoms with Gasteiger partial charge in [-0.1, -0.05) is 11.6 Å². The number of halogens is 1. The summed E-state index contributed by atoms with van der Waals surface area (Å²) in [7, 11) is 3.89. The van der Waals surface area contributed by atoms with Gasteiger partial charge in [-0.25, -0.2) is 0 Å². The minimum absolute atomic E-state index is 0.00926. The molecule has 0 aromatic heterocycles. The highest BCUT2D eigenvalue weighted by atomic mass is 35.5. The molecule has 3 N–H and O–H groups in total. The highest BCUT2D eigenvalue weighted by molar-refractivity contribution is 6.34. The number of nitrogens with zero attached hydrogens (tertiary/aromatic N) is 2. The summed E-state index contributed by atoms with van der Waals surface area (Å²) in [5, 5.41) is 10.2. The van der Waals surface area contributed by atoms with E-state index in [9.17, 15) is 9.90 Å². The quantitative estimate of drug-likeness (QED) is 0.819. The first-order valence-electron chi connectivity index (χ1n) is 6.57. The highest BCUT2D eigenvalue weighted by Gasteiger charge is 2.35. The minimum atomic E-state index is -0.483. The van der Waals surface area contributed by atoms with E-state index in [0.717, 1.165) is 0 Å². The first-order chi connectivity index (χ1) is 9.38. The topological polar surface area (TPSA) is 69.8 Å². The van der Waals surface area contributed by atoms with E-state index in [1.54, 1.807) is 23.1 Å². The van der Waals surface area contributed by atoms with Crippen LogP contribution in [0.15, 0.2) is 18.2 Å². The molecular formula is C14H20ClN3O2. The second kappa shape index (κ2) is 5.99. The molecule has 1 aromatic carbocycles. The van der Waals surface area contributed by atoms with Gasteiger partial charge < -0.3 is 20.6 Å². The number of carbonyl (C=O) groups is 1. The molecular weight excluding hydrogens is 278 g/mol. The van der Waals surface area contributed by atoms with Gasteiger partial charge in [0.15, 0.2) is 0 Å². The summed E-state index contributed by atoms with van der Waals surface area (Å²) in [6.45, 7) is 1.05. The molecule has 1 aromatic rings. The van der Waals surface area contributed by atoms with Crippen LogP contribution in [0.5, 0.6) is 0 Å². The van der Waals surface area contributed by atoms with Crippen molar-refractivity contribution in [3.05, 3.63) is 28.8 Å². The Morgan fingerprint density at radius 2 is 2.25 bits per heavy atom. The van der Waals surface area contributed by atoms with E-state index in [-0.39, 0.29) is 11.9 Å². The number of nitrogens with two attached hydrogens (primary N) is 1. The molecule has 5 nitrogen and oxygen atoms in total.